The number of allylic oxidation sites excluding steroid dienone is 3. The molecule has 9 nitrogen and oxygen atoms in total. The van der Waals surface area contributed by atoms with Crippen molar-refractivity contribution in [2.45, 2.75) is 43.4 Å². The first-order valence-corrected chi connectivity index (χ1v) is 16.9. The number of halogens is 1. The fourth-order valence-electron chi connectivity index (χ4n) is 8.93. The molecule has 7 rings (SSSR count). The van der Waals surface area contributed by atoms with E-state index in [1.807, 2.05) is 42.5 Å². The number of aromatic hydroxyl groups is 1. The number of carboxylic acids is 1. The van der Waals surface area contributed by atoms with E-state index in [9.17, 15) is 24.3 Å². The molecule has 3 aromatic rings. The number of hydrogen-bond acceptors (Lipinski definition) is 6. The highest BCUT2D eigenvalue weighted by atomic mass is 35.5. The normalized spacial score (nSPS) is 27.4. The predicted molar refractivity (Wildman–Crippen MR) is 182 cm³/mol. The molecule has 49 heavy (non-hydrogen) atoms. The molecule has 1 saturated carbocycles. The Morgan fingerprint density at radius 1 is 0.959 bits per heavy atom. The van der Waals surface area contributed by atoms with Gasteiger partial charge >= 0.3 is 5.97 Å². The Labute approximate surface area is 288 Å². The number of amides is 4. The molecule has 3 fully saturated rings. The maximum Gasteiger partial charge on any atom is 0.303 e. The number of aliphatic carboxylic acids is 1. The van der Waals surface area contributed by atoms with Crippen molar-refractivity contribution in [3.63, 3.8) is 0 Å². The first-order valence-electron chi connectivity index (χ1n) is 16.5. The van der Waals surface area contributed by atoms with E-state index in [0.717, 1.165) is 5.57 Å². The van der Waals surface area contributed by atoms with Gasteiger partial charge in [0.25, 0.3) is 0 Å². The summed E-state index contributed by atoms with van der Waals surface area (Å²) in [6, 6.07) is 21.1. The van der Waals surface area contributed by atoms with Gasteiger partial charge in [0.15, 0.2) is 0 Å². The molecule has 2 saturated heterocycles. The van der Waals surface area contributed by atoms with Crippen LogP contribution in [0.3, 0.4) is 0 Å². The Balaban J connectivity index is 1.45. The van der Waals surface area contributed by atoms with Gasteiger partial charge in [0.1, 0.15) is 5.75 Å². The highest BCUT2D eigenvalue weighted by Gasteiger charge is 2.70. The van der Waals surface area contributed by atoms with Gasteiger partial charge in [-0.3, -0.25) is 28.9 Å². The molecule has 3 aromatic carbocycles. The Bertz CT molecular complexity index is 1940. The van der Waals surface area contributed by atoms with Gasteiger partial charge < -0.3 is 10.2 Å². The molecule has 2 heterocycles. The van der Waals surface area contributed by atoms with Gasteiger partial charge in [-0.25, -0.2) is 4.90 Å². The maximum atomic E-state index is 15.3. The largest absolute Gasteiger partial charge is 0.507 e. The number of likely N-dealkylation sites (tertiary alicyclic amines) is 1. The molecule has 0 radical (unpaired) electrons. The fraction of sp³-hybridized carbons (Fsp3) is 0.308. The standard InChI is InChI=1S/C39H35ClN2O7/c1-2-9-22-10-6-15-28(34(22)45)33-26-17-18-27-32(37(48)41(35(27)46)19-8-16-31(43)44)29(26)21-30-36(47)42(25-14-7-13-24(40)20-25)38(49)39(30,33)23-11-4-3-5-12-23/h2-7,10-15,17,20,27,29-30,32-33,45H,1,8-9,16,18-19,21H2,(H,43,44). The first kappa shape index (κ1) is 32.5. The van der Waals surface area contributed by atoms with Crippen LogP contribution in [0.25, 0.3) is 0 Å². The number of phenols is 1. The van der Waals surface area contributed by atoms with E-state index in [2.05, 4.69) is 6.58 Å². The smallest absolute Gasteiger partial charge is 0.303 e. The molecule has 4 amide bonds. The van der Waals surface area contributed by atoms with Crippen molar-refractivity contribution in [2.24, 2.45) is 23.7 Å². The molecule has 2 aliphatic heterocycles. The maximum absolute atomic E-state index is 15.3. The average Bonchev–Trinajstić information content (AvgIpc) is 3.47. The van der Waals surface area contributed by atoms with Crippen LogP contribution < -0.4 is 4.90 Å². The number of anilines is 1. The van der Waals surface area contributed by atoms with Crippen molar-refractivity contribution < 1.29 is 34.2 Å². The highest BCUT2D eigenvalue weighted by Crippen LogP contribution is 2.65. The average molecular weight is 679 g/mol. The van der Waals surface area contributed by atoms with Gasteiger partial charge in [0.05, 0.1) is 28.9 Å². The van der Waals surface area contributed by atoms with Crippen molar-refractivity contribution in [3.8, 4) is 5.75 Å². The number of para-hydroxylation sites is 1. The lowest BCUT2D eigenvalue weighted by molar-refractivity contribution is -0.142. The second-order valence-corrected chi connectivity index (χ2v) is 13.7. The number of fused-ring (bicyclic) bond motifs is 4. The van der Waals surface area contributed by atoms with E-state index >= 15 is 4.79 Å². The molecular weight excluding hydrogens is 644 g/mol. The van der Waals surface area contributed by atoms with E-state index in [1.54, 1.807) is 42.5 Å². The van der Waals surface area contributed by atoms with Crippen LogP contribution in [0.5, 0.6) is 5.75 Å². The number of nitrogens with zero attached hydrogens (tertiary/aromatic N) is 2. The predicted octanol–water partition coefficient (Wildman–Crippen LogP) is 5.80. The topological polar surface area (TPSA) is 132 Å². The second kappa shape index (κ2) is 12.5. The van der Waals surface area contributed by atoms with Crippen LogP contribution in [0, 0.1) is 23.7 Å². The zero-order chi connectivity index (χ0) is 34.6. The van der Waals surface area contributed by atoms with Gasteiger partial charge in [-0.1, -0.05) is 83.9 Å². The minimum atomic E-state index is -1.51. The van der Waals surface area contributed by atoms with Crippen LogP contribution in [0.4, 0.5) is 5.69 Å². The van der Waals surface area contributed by atoms with Gasteiger partial charge in [-0.2, -0.15) is 0 Å². The van der Waals surface area contributed by atoms with Crippen molar-refractivity contribution >= 4 is 46.9 Å². The van der Waals surface area contributed by atoms with Crippen LogP contribution >= 0.6 is 11.6 Å². The van der Waals surface area contributed by atoms with Crippen LogP contribution in [-0.4, -0.2) is 51.3 Å². The number of carbonyl (C=O) groups is 5. The molecule has 2 N–H and O–H groups in total. The van der Waals surface area contributed by atoms with Crippen molar-refractivity contribution in [1.82, 2.24) is 4.90 Å². The zero-order valence-electron chi connectivity index (χ0n) is 26.6. The number of carboxylic acid groups (broad SMARTS) is 1. The lowest BCUT2D eigenvalue weighted by atomic mass is 9.49. The van der Waals surface area contributed by atoms with E-state index in [-0.39, 0.29) is 43.9 Å². The van der Waals surface area contributed by atoms with Gasteiger partial charge in [0, 0.05) is 29.5 Å². The summed E-state index contributed by atoms with van der Waals surface area (Å²) in [4.78, 5) is 71.5. The monoisotopic (exact) mass is 678 g/mol. The molecule has 2 aliphatic carbocycles. The summed E-state index contributed by atoms with van der Waals surface area (Å²) in [5.74, 6) is -6.57. The molecule has 0 aromatic heterocycles. The molecule has 6 atom stereocenters. The van der Waals surface area contributed by atoms with Crippen LogP contribution in [0.2, 0.25) is 5.02 Å². The van der Waals surface area contributed by atoms with Crippen molar-refractivity contribution in [3.05, 3.63) is 119 Å². The molecule has 4 aliphatic rings. The van der Waals surface area contributed by atoms with Crippen LogP contribution in [0.15, 0.2) is 97.1 Å². The number of hydrogen-bond donors (Lipinski definition) is 2. The van der Waals surface area contributed by atoms with Crippen LogP contribution in [0.1, 0.15) is 48.3 Å². The van der Waals surface area contributed by atoms with E-state index in [1.165, 1.54) is 9.80 Å². The van der Waals surface area contributed by atoms with Gasteiger partial charge in [0.2, 0.25) is 23.6 Å². The van der Waals surface area contributed by atoms with E-state index in [0.29, 0.717) is 33.8 Å². The Kier molecular flexibility index (Phi) is 8.27. The van der Waals surface area contributed by atoms with Gasteiger partial charge in [-0.15, -0.1) is 6.58 Å². The Morgan fingerprint density at radius 3 is 2.43 bits per heavy atom. The number of phenolic OH excluding ortho intramolecular Hbond substituents is 1. The number of imide groups is 2. The lowest BCUT2D eigenvalue weighted by Crippen LogP contribution is -2.53. The van der Waals surface area contributed by atoms with Gasteiger partial charge in [-0.05, 0) is 60.9 Å². The highest BCUT2D eigenvalue weighted by molar-refractivity contribution is 6.32. The van der Waals surface area contributed by atoms with E-state index in [4.69, 9.17) is 16.7 Å². The third-order valence-corrected chi connectivity index (χ3v) is 11.1. The summed E-state index contributed by atoms with van der Waals surface area (Å²) >= 11 is 6.37. The summed E-state index contributed by atoms with van der Waals surface area (Å²) < 4.78 is 0. The molecule has 250 valence electrons. The van der Waals surface area contributed by atoms with E-state index < -0.39 is 58.7 Å². The lowest BCUT2D eigenvalue weighted by Gasteiger charge is -2.50. The summed E-state index contributed by atoms with van der Waals surface area (Å²) in [6.07, 6.45) is 4.27. The third-order valence-electron chi connectivity index (χ3n) is 10.9. The molecule has 0 spiro atoms. The first-order chi connectivity index (χ1) is 23.6. The molecular formula is C39H35ClN2O7. The number of rotatable bonds is 9. The number of carbonyl (C=O) groups excluding carboxylic acids is 4. The quantitative estimate of drug-likeness (QED) is 0.216. The minimum absolute atomic E-state index is 0.00974. The Morgan fingerprint density at radius 2 is 1.71 bits per heavy atom. The molecule has 0 bridgehead atoms. The zero-order valence-corrected chi connectivity index (χ0v) is 27.4. The summed E-state index contributed by atoms with van der Waals surface area (Å²) in [7, 11) is 0. The summed E-state index contributed by atoms with van der Waals surface area (Å²) in [5.41, 5.74) is 1.20. The summed E-state index contributed by atoms with van der Waals surface area (Å²) in [5, 5.41) is 21.4. The second-order valence-electron chi connectivity index (χ2n) is 13.3. The minimum Gasteiger partial charge on any atom is -0.507 e. The van der Waals surface area contributed by atoms with Crippen LogP contribution in [-0.2, 0) is 35.8 Å². The fourth-order valence-corrected chi connectivity index (χ4v) is 9.11. The van der Waals surface area contributed by atoms with Crippen molar-refractivity contribution in [2.75, 3.05) is 11.4 Å². The SMILES string of the molecule is C=CCc1cccc(C2C3=CCC4C(=O)N(CCCC(=O)O)C(=O)C4C3CC3C(=O)N(c4cccc(Cl)c4)C(=O)C32c2ccccc2)c1O. The third kappa shape index (κ3) is 4.93. The number of benzene rings is 3. The summed E-state index contributed by atoms with van der Waals surface area (Å²) in [6.45, 7) is 3.83. The molecule has 6 unspecified atom stereocenters. The Hall–Kier alpha value is -5.02. The van der Waals surface area contributed by atoms with Crippen molar-refractivity contribution in [1.29, 1.82) is 0 Å². The molecule has 10 heteroatoms.